The van der Waals surface area contributed by atoms with Gasteiger partial charge in [-0.1, -0.05) is 0 Å². The van der Waals surface area contributed by atoms with Gasteiger partial charge in [-0.3, -0.25) is 0 Å². The van der Waals surface area contributed by atoms with Crippen molar-refractivity contribution in [2.45, 2.75) is 32.4 Å². The fraction of sp³-hybridized carbons (Fsp3) is 0.600. The minimum absolute atomic E-state index is 0.538. The van der Waals surface area contributed by atoms with E-state index >= 15 is 0 Å². The molecule has 0 aromatic heterocycles. The van der Waals surface area contributed by atoms with Crippen molar-refractivity contribution in [3.8, 4) is 17.2 Å². The van der Waals surface area contributed by atoms with Crippen LogP contribution in [0, 0.1) is 5.92 Å². The van der Waals surface area contributed by atoms with Gasteiger partial charge in [0.1, 0.15) is 17.2 Å². The van der Waals surface area contributed by atoms with Gasteiger partial charge < -0.3 is 19.5 Å². The van der Waals surface area contributed by atoms with Crippen molar-refractivity contribution in [3.63, 3.8) is 0 Å². The first-order chi connectivity index (χ1) is 9.19. The minimum Gasteiger partial charge on any atom is -0.496 e. The molecule has 106 valence electrons. The lowest BCUT2D eigenvalue weighted by atomic mass is 10.1. The Bertz CT molecular complexity index is 404. The summed E-state index contributed by atoms with van der Waals surface area (Å²) in [5.74, 6) is 3.17. The van der Waals surface area contributed by atoms with Gasteiger partial charge in [0, 0.05) is 24.7 Å². The van der Waals surface area contributed by atoms with Gasteiger partial charge in [-0.15, -0.1) is 0 Å². The molecule has 4 nitrogen and oxygen atoms in total. The molecule has 1 saturated carbocycles. The summed E-state index contributed by atoms with van der Waals surface area (Å²) < 4.78 is 16.1. The molecule has 0 saturated heterocycles. The van der Waals surface area contributed by atoms with E-state index in [9.17, 15) is 0 Å². The third-order valence-corrected chi connectivity index (χ3v) is 3.75. The molecular formula is C15H23NO3. The number of nitrogens with one attached hydrogen (secondary N) is 1. The van der Waals surface area contributed by atoms with Gasteiger partial charge in [0.25, 0.3) is 0 Å². The molecule has 0 spiro atoms. The summed E-state index contributed by atoms with van der Waals surface area (Å²) in [6.45, 7) is 2.98. The molecule has 0 amide bonds. The SMILES string of the molecule is COc1cc(OC)c(CNC(C)C2CC2)c(OC)c1. The van der Waals surface area contributed by atoms with E-state index in [-0.39, 0.29) is 0 Å². The largest absolute Gasteiger partial charge is 0.496 e. The van der Waals surface area contributed by atoms with E-state index in [4.69, 9.17) is 14.2 Å². The van der Waals surface area contributed by atoms with Crippen LogP contribution in [0.1, 0.15) is 25.3 Å². The smallest absolute Gasteiger partial charge is 0.130 e. The van der Waals surface area contributed by atoms with Gasteiger partial charge >= 0.3 is 0 Å². The van der Waals surface area contributed by atoms with Crippen LogP contribution in [0.25, 0.3) is 0 Å². The lowest BCUT2D eigenvalue weighted by molar-refractivity contribution is 0.363. The van der Waals surface area contributed by atoms with Crippen LogP contribution in [-0.2, 0) is 6.54 Å². The molecule has 1 unspecified atom stereocenters. The Hall–Kier alpha value is -1.42. The standard InChI is InChI=1S/C15H23NO3/c1-10(11-5-6-11)16-9-13-14(18-3)7-12(17-2)8-15(13)19-4/h7-8,10-11,16H,5-6,9H2,1-4H3. The van der Waals surface area contributed by atoms with Gasteiger partial charge in [0.05, 0.1) is 26.9 Å². The van der Waals surface area contributed by atoms with Gasteiger partial charge in [0.2, 0.25) is 0 Å². The minimum atomic E-state index is 0.538. The lowest BCUT2D eigenvalue weighted by Gasteiger charge is -2.18. The van der Waals surface area contributed by atoms with Crippen molar-refractivity contribution in [2.75, 3.05) is 21.3 Å². The average Bonchev–Trinajstić information content (AvgIpc) is 3.28. The van der Waals surface area contributed by atoms with Crippen LogP contribution in [-0.4, -0.2) is 27.4 Å². The van der Waals surface area contributed by atoms with Crippen molar-refractivity contribution in [1.29, 1.82) is 0 Å². The maximum absolute atomic E-state index is 5.44. The Labute approximate surface area is 115 Å². The first-order valence-electron chi connectivity index (χ1n) is 6.71. The predicted molar refractivity (Wildman–Crippen MR) is 75.1 cm³/mol. The Balaban J connectivity index is 2.15. The van der Waals surface area contributed by atoms with Gasteiger partial charge in [0.15, 0.2) is 0 Å². The number of methoxy groups -OCH3 is 3. The number of hydrogen-bond donors (Lipinski definition) is 1. The summed E-state index contributed by atoms with van der Waals surface area (Å²) in [4.78, 5) is 0. The highest BCUT2D eigenvalue weighted by Crippen LogP contribution is 2.35. The second-order valence-electron chi connectivity index (χ2n) is 5.02. The molecule has 1 atom stereocenters. The summed E-state index contributed by atoms with van der Waals surface area (Å²) in [5.41, 5.74) is 1.04. The molecule has 4 heteroatoms. The third-order valence-electron chi connectivity index (χ3n) is 3.75. The maximum Gasteiger partial charge on any atom is 0.130 e. The van der Waals surface area contributed by atoms with Crippen LogP contribution >= 0.6 is 0 Å². The van der Waals surface area contributed by atoms with Crippen molar-refractivity contribution in [2.24, 2.45) is 5.92 Å². The number of rotatable bonds is 7. The first-order valence-corrected chi connectivity index (χ1v) is 6.71. The molecule has 0 radical (unpaired) electrons. The molecule has 0 heterocycles. The molecule has 1 aliphatic carbocycles. The average molecular weight is 265 g/mol. The topological polar surface area (TPSA) is 39.7 Å². The number of hydrogen-bond acceptors (Lipinski definition) is 4. The molecule has 1 aromatic rings. The molecule has 0 bridgehead atoms. The van der Waals surface area contributed by atoms with Gasteiger partial charge in [-0.2, -0.15) is 0 Å². The Kier molecular flexibility index (Phi) is 4.53. The van der Waals surface area contributed by atoms with Crippen LogP contribution in [0.4, 0.5) is 0 Å². The van der Waals surface area contributed by atoms with E-state index in [0.717, 1.165) is 35.3 Å². The van der Waals surface area contributed by atoms with Crippen molar-refractivity contribution < 1.29 is 14.2 Å². The molecule has 19 heavy (non-hydrogen) atoms. The highest BCUT2D eigenvalue weighted by atomic mass is 16.5. The van der Waals surface area contributed by atoms with Crippen LogP contribution in [0.2, 0.25) is 0 Å². The van der Waals surface area contributed by atoms with E-state index in [1.54, 1.807) is 21.3 Å². The molecule has 1 aliphatic rings. The second-order valence-corrected chi connectivity index (χ2v) is 5.02. The molecule has 1 fully saturated rings. The molecule has 2 rings (SSSR count). The fourth-order valence-electron chi connectivity index (χ4n) is 2.28. The van der Waals surface area contributed by atoms with Crippen LogP contribution < -0.4 is 19.5 Å². The number of benzene rings is 1. The molecule has 1 N–H and O–H groups in total. The zero-order chi connectivity index (χ0) is 13.8. The van der Waals surface area contributed by atoms with Crippen molar-refractivity contribution in [3.05, 3.63) is 17.7 Å². The monoisotopic (exact) mass is 265 g/mol. The van der Waals surface area contributed by atoms with Gasteiger partial charge in [-0.05, 0) is 25.7 Å². The molecular weight excluding hydrogens is 242 g/mol. The van der Waals surface area contributed by atoms with Crippen molar-refractivity contribution in [1.82, 2.24) is 5.32 Å². The zero-order valence-electron chi connectivity index (χ0n) is 12.2. The maximum atomic E-state index is 5.44. The Morgan fingerprint density at radius 3 is 2.11 bits per heavy atom. The molecule has 0 aliphatic heterocycles. The van der Waals surface area contributed by atoms with E-state index in [0.29, 0.717) is 6.04 Å². The predicted octanol–water partition coefficient (Wildman–Crippen LogP) is 2.60. The third kappa shape index (κ3) is 3.32. The Morgan fingerprint density at radius 2 is 1.68 bits per heavy atom. The highest BCUT2D eigenvalue weighted by Gasteiger charge is 2.27. The summed E-state index contributed by atoms with van der Waals surface area (Å²) in [6, 6.07) is 4.32. The highest BCUT2D eigenvalue weighted by molar-refractivity contribution is 5.50. The van der Waals surface area contributed by atoms with Crippen LogP contribution in [0.15, 0.2) is 12.1 Å². The summed E-state index contributed by atoms with van der Waals surface area (Å²) in [5, 5.41) is 3.55. The van der Waals surface area contributed by atoms with E-state index in [1.807, 2.05) is 12.1 Å². The quantitative estimate of drug-likeness (QED) is 0.822. The van der Waals surface area contributed by atoms with Crippen LogP contribution in [0.3, 0.4) is 0 Å². The summed E-state index contributed by atoms with van der Waals surface area (Å²) in [7, 11) is 4.98. The Morgan fingerprint density at radius 1 is 1.11 bits per heavy atom. The van der Waals surface area contributed by atoms with E-state index in [2.05, 4.69) is 12.2 Å². The van der Waals surface area contributed by atoms with Crippen molar-refractivity contribution >= 4 is 0 Å². The van der Waals surface area contributed by atoms with E-state index in [1.165, 1.54) is 12.8 Å². The van der Waals surface area contributed by atoms with E-state index < -0.39 is 0 Å². The number of ether oxygens (including phenoxy) is 3. The lowest BCUT2D eigenvalue weighted by Crippen LogP contribution is -2.27. The van der Waals surface area contributed by atoms with Gasteiger partial charge in [-0.25, -0.2) is 0 Å². The zero-order valence-corrected chi connectivity index (χ0v) is 12.2. The van der Waals surface area contributed by atoms with Crippen LogP contribution in [0.5, 0.6) is 17.2 Å². The molecule has 1 aromatic carbocycles. The summed E-state index contributed by atoms with van der Waals surface area (Å²) >= 11 is 0. The normalized spacial score (nSPS) is 16.0. The first kappa shape index (κ1) is 14.0. The second kappa shape index (κ2) is 6.15. The summed E-state index contributed by atoms with van der Waals surface area (Å²) in [6.07, 6.45) is 2.68. The fourth-order valence-corrected chi connectivity index (χ4v) is 2.28.